The largest absolute Gasteiger partial charge is 0.361 e. The van der Waals surface area contributed by atoms with Crippen molar-refractivity contribution in [2.24, 2.45) is 5.92 Å². The van der Waals surface area contributed by atoms with Crippen molar-refractivity contribution in [2.75, 3.05) is 0 Å². The average molecular weight is 326 g/mol. The maximum absolute atomic E-state index is 12.3. The topological polar surface area (TPSA) is 72.4 Å². The number of hydrogen-bond acceptors (Lipinski definition) is 4. The van der Waals surface area contributed by atoms with Crippen LogP contribution in [0.1, 0.15) is 35.2 Å². The van der Waals surface area contributed by atoms with Gasteiger partial charge in [-0.15, -0.1) is 0 Å². The van der Waals surface area contributed by atoms with Gasteiger partial charge in [-0.25, -0.2) is 4.98 Å². The number of imidazole rings is 1. The molecule has 0 aliphatic carbocycles. The summed E-state index contributed by atoms with van der Waals surface area (Å²) < 4.78 is 7.11. The number of pyridine rings is 1. The van der Waals surface area contributed by atoms with Gasteiger partial charge in [0.15, 0.2) is 0 Å². The minimum atomic E-state index is -0.152. The molecule has 0 bridgehead atoms. The second-order valence-electron chi connectivity index (χ2n) is 6.33. The predicted octanol–water partition coefficient (Wildman–Crippen LogP) is 2.74. The molecule has 0 saturated carbocycles. The second-order valence-corrected chi connectivity index (χ2v) is 6.33. The Morgan fingerprint density at radius 3 is 2.88 bits per heavy atom. The summed E-state index contributed by atoms with van der Waals surface area (Å²) in [6.45, 7) is 8.14. The number of fused-ring (bicyclic) bond motifs is 1. The smallest absolute Gasteiger partial charge is 0.223 e. The number of nitrogens with zero attached hydrogens (tertiary/aromatic N) is 3. The number of carbonyl (C=O) groups excluding carboxylic acids is 1. The van der Waals surface area contributed by atoms with Crippen LogP contribution < -0.4 is 5.32 Å². The van der Waals surface area contributed by atoms with Crippen molar-refractivity contribution in [3.63, 3.8) is 0 Å². The molecule has 3 aromatic heterocycles. The maximum Gasteiger partial charge on any atom is 0.223 e. The first-order chi connectivity index (χ1) is 11.4. The van der Waals surface area contributed by atoms with Crippen LogP contribution in [0.15, 0.2) is 29.0 Å². The predicted molar refractivity (Wildman–Crippen MR) is 90.6 cm³/mol. The van der Waals surface area contributed by atoms with Crippen molar-refractivity contribution in [1.82, 2.24) is 19.9 Å². The molecule has 3 rings (SSSR count). The highest BCUT2D eigenvalue weighted by atomic mass is 16.5. The Morgan fingerprint density at radius 1 is 1.38 bits per heavy atom. The molecule has 0 aliphatic heterocycles. The molecule has 24 heavy (non-hydrogen) atoms. The van der Waals surface area contributed by atoms with E-state index in [2.05, 4.69) is 15.5 Å². The molecule has 0 saturated heterocycles. The quantitative estimate of drug-likeness (QED) is 0.782. The van der Waals surface area contributed by atoms with Crippen LogP contribution in [0.4, 0.5) is 0 Å². The van der Waals surface area contributed by atoms with Gasteiger partial charge in [0.2, 0.25) is 5.91 Å². The number of carbonyl (C=O) groups is 1. The maximum atomic E-state index is 12.3. The fourth-order valence-electron chi connectivity index (χ4n) is 2.77. The summed E-state index contributed by atoms with van der Waals surface area (Å²) in [6, 6.07) is 4.05. The third kappa shape index (κ3) is 3.32. The molecular formula is C18H22N4O2. The first kappa shape index (κ1) is 16.2. The highest BCUT2D eigenvalue weighted by molar-refractivity contribution is 5.78. The molecule has 0 fully saturated rings. The van der Waals surface area contributed by atoms with Crippen molar-refractivity contribution < 1.29 is 9.32 Å². The average Bonchev–Trinajstić information content (AvgIpc) is 3.09. The number of aromatic nitrogens is 3. The number of rotatable bonds is 5. The van der Waals surface area contributed by atoms with Gasteiger partial charge < -0.3 is 14.2 Å². The lowest BCUT2D eigenvalue weighted by Gasteiger charge is -2.11. The van der Waals surface area contributed by atoms with Gasteiger partial charge in [-0.05, 0) is 44.9 Å². The van der Waals surface area contributed by atoms with E-state index in [1.165, 1.54) is 0 Å². The van der Waals surface area contributed by atoms with Crippen LogP contribution in [0.25, 0.3) is 5.65 Å². The molecule has 3 heterocycles. The number of amides is 1. The summed E-state index contributed by atoms with van der Waals surface area (Å²) in [7, 11) is 0. The van der Waals surface area contributed by atoms with Gasteiger partial charge in [0.25, 0.3) is 0 Å². The van der Waals surface area contributed by atoms with Gasteiger partial charge in [0, 0.05) is 23.9 Å². The first-order valence-electron chi connectivity index (χ1n) is 8.07. The molecule has 3 aromatic rings. The van der Waals surface area contributed by atoms with Crippen molar-refractivity contribution in [2.45, 2.75) is 40.7 Å². The summed E-state index contributed by atoms with van der Waals surface area (Å²) in [5, 5.41) is 6.89. The van der Waals surface area contributed by atoms with E-state index in [1.54, 1.807) is 0 Å². The molecule has 1 amide bonds. The molecule has 1 N–H and O–H groups in total. The summed E-state index contributed by atoms with van der Waals surface area (Å²) in [5.41, 5.74) is 4.77. The zero-order valence-electron chi connectivity index (χ0n) is 14.5. The van der Waals surface area contributed by atoms with E-state index in [0.29, 0.717) is 13.0 Å². The fraction of sp³-hybridized carbons (Fsp3) is 0.389. The van der Waals surface area contributed by atoms with Gasteiger partial charge in [-0.3, -0.25) is 4.79 Å². The highest BCUT2D eigenvalue weighted by Gasteiger charge is 2.18. The molecule has 6 heteroatoms. The Kier molecular flexibility index (Phi) is 4.38. The second kappa shape index (κ2) is 6.47. The molecule has 0 aliphatic rings. The Morgan fingerprint density at radius 2 is 2.17 bits per heavy atom. The Labute approximate surface area is 140 Å². The molecule has 0 spiro atoms. The van der Waals surface area contributed by atoms with Crippen LogP contribution >= 0.6 is 0 Å². The molecule has 126 valence electrons. The van der Waals surface area contributed by atoms with Crippen molar-refractivity contribution in [3.8, 4) is 0 Å². The van der Waals surface area contributed by atoms with E-state index >= 15 is 0 Å². The Balaban J connectivity index is 1.61. The molecule has 0 aromatic carbocycles. The highest BCUT2D eigenvalue weighted by Crippen LogP contribution is 2.17. The van der Waals surface area contributed by atoms with E-state index in [4.69, 9.17) is 4.52 Å². The summed E-state index contributed by atoms with van der Waals surface area (Å²) in [4.78, 5) is 16.9. The first-order valence-corrected chi connectivity index (χ1v) is 8.07. The number of aryl methyl sites for hydroxylation is 3. The summed E-state index contributed by atoms with van der Waals surface area (Å²) in [5.74, 6) is 0.632. The lowest BCUT2D eigenvalue weighted by Crippen LogP contribution is -2.30. The summed E-state index contributed by atoms with van der Waals surface area (Å²) >= 11 is 0. The van der Waals surface area contributed by atoms with E-state index in [-0.39, 0.29) is 11.8 Å². The van der Waals surface area contributed by atoms with Crippen molar-refractivity contribution >= 4 is 11.6 Å². The molecule has 1 atom stereocenters. The van der Waals surface area contributed by atoms with Gasteiger partial charge in [0.1, 0.15) is 11.4 Å². The molecular weight excluding hydrogens is 304 g/mol. The van der Waals surface area contributed by atoms with Crippen LogP contribution in [0, 0.1) is 26.7 Å². The van der Waals surface area contributed by atoms with Crippen molar-refractivity contribution in [1.29, 1.82) is 0 Å². The summed E-state index contributed by atoms with van der Waals surface area (Å²) in [6.07, 6.45) is 4.54. The monoisotopic (exact) mass is 326 g/mol. The standard InChI is InChI=1S/C18H22N4O2/c1-11-5-6-22-10-15(20-17(22)7-11)9-19-18(23)12(2)8-16-13(3)21-24-14(16)4/h5-7,10,12H,8-9H2,1-4H3,(H,19,23)/t12-/m0/s1. The number of nitrogens with one attached hydrogen (secondary N) is 1. The van der Waals surface area contributed by atoms with E-state index in [1.807, 2.05) is 56.6 Å². The molecule has 6 nitrogen and oxygen atoms in total. The van der Waals surface area contributed by atoms with E-state index in [0.717, 1.165) is 33.9 Å². The molecule has 0 unspecified atom stereocenters. The lowest BCUT2D eigenvalue weighted by molar-refractivity contribution is -0.124. The van der Waals surface area contributed by atoms with E-state index < -0.39 is 0 Å². The van der Waals surface area contributed by atoms with Gasteiger partial charge >= 0.3 is 0 Å². The normalized spacial score (nSPS) is 12.5. The zero-order valence-corrected chi connectivity index (χ0v) is 14.5. The lowest BCUT2D eigenvalue weighted by atomic mass is 9.99. The Bertz CT molecular complexity index is 859. The van der Waals surface area contributed by atoms with Crippen LogP contribution in [0.2, 0.25) is 0 Å². The minimum Gasteiger partial charge on any atom is -0.361 e. The van der Waals surface area contributed by atoms with Crippen LogP contribution in [-0.4, -0.2) is 20.4 Å². The van der Waals surface area contributed by atoms with Gasteiger partial charge in [-0.2, -0.15) is 0 Å². The fourth-order valence-corrected chi connectivity index (χ4v) is 2.77. The minimum absolute atomic E-state index is 0.00300. The molecule has 0 radical (unpaired) electrons. The third-order valence-corrected chi connectivity index (χ3v) is 4.25. The van der Waals surface area contributed by atoms with Crippen LogP contribution in [0.5, 0.6) is 0 Å². The van der Waals surface area contributed by atoms with E-state index in [9.17, 15) is 4.79 Å². The van der Waals surface area contributed by atoms with Crippen LogP contribution in [-0.2, 0) is 17.8 Å². The Hall–Kier alpha value is -2.63. The van der Waals surface area contributed by atoms with Gasteiger partial charge in [0.05, 0.1) is 17.9 Å². The van der Waals surface area contributed by atoms with Crippen molar-refractivity contribution in [3.05, 3.63) is 52.8 Å². The SMILES string of the molecule is Cc1ccn2cc(CNC(=O)[C@@H](C)Cc3c(C)noc3C)nc2c1. The van der Waals surface area contributed by atoms with Gasteiger partial charge in [-0.1, -0.05) is 12.1 Å². The number of hydrogen-bond donors (Lipinski definition) is 1. The zero-order chi connectivity index (χ0) is 17.3. The van der Waals surface area contributed by atoms with Crippen LogP contribution in [0.3, 0.4) is 0 Å². The third-order valence-electron chi connectivity index (χ3n) is 4.25.